The van der Waals surface area contributed by atoms with Crippen LogP contribution in [-0.2, 0) is 11.8 Å². The van der Waals surface area contributed by atoms with Crippen LogP contribution in [0.4, 0.5) is 15.8 Å². The fraction of sp³-hybridized carbons (Fsp3) is 0.120. The number of methoxy groups -OCH3 is 1. The van der Waals surface area contributed by atoms with Crippen molar-refractivity contribution in [1.82, 2.24) is 14.8 Å². The standard InChI is InChI=1S/C25H22FN5O3S/c1-31-23(16-8-7-9-17(14-16)27-24(33)18-10-3-4-11-19(18)26)29-30-25(31)35-15-22(32)28-20-12-5-6-13-21(20)34-2/h3-14H,15H2,1-2H3,(H,27,33)(H,28,32). The zero-order chi connectivity index (χ0) is 24.8. The van der Waals surface area contributed by atoms with E-state index in [9.17, 15) is 14.0 Å². The first-order chi connectivity index (χ1) is 17.0. The average Bonchev–Trinajstić information content (AvgIpc) is 3.23. The number of para-hydroxylation sites is 2. The number of benzene rings is 3. The van der Waals surface area contributed by atoms with Crippen LogP contribution in [0.3, 0.4) is 0 Å². The molecule has 4 rings (SSSR count). The molecule has 1 heterocycles. The third-order valence-electron chi connectivity index (χ3n) is 5.05. The van der Waals surface area contributed by atoms with Crippen LogP contribution in [0.1, 0.15) is 10.4 Å². The van der Waals surface area contributed by atoms with E-state index in [0.29, 0.717) is 33.7 Å². The minimum Gasteiger partial charge on any atom is -0.495 e. The van der Waals surface area contributed by atoms with Gasteiger partial charge in [0.05, 0.1) is 24.1 Å². The van der Waals surface area contributed by atoms with Gasteiger partial charge in [-0.1, -0.05) is 48.2 Å². The molecule has 2 N–H and O–H groups in total. The fourth-order valence-corrected chi connectivity index (χ4v) is 4.05. The van der Waals surface area contributed by atoms with Gasteiger partial charge in [-0.15, -0.1) is 10.2 Å². The Balaban J connectivity index is 1.43. The Kier molecular flexibility index (Phi) is 7.41. The summed E-state index contributed by atoms with van der Waals surface area (Å²) < 4.78 is 20.9. The quantitative estimate of drug-likeness (QED) is 0.349. The summed E-state index contributed by atoms with van der Waals surface area (Å²) in [6, 6.07) is 20.0. The molecule has 0 spiro atoms. The second-order valence-electron chi connectivity index (χ2n) is 7.42. The number of ether oxygens (including phenoxy) is 1. The molecular formula is C25H22FN5O3S. The second kappa shape index (κ2) is 10.8. The highest BCUT2D eigenvalue weighted by Gasteiger charge is 2.16. The second-order valence-corrected chi connectivity index (χ2v) is 8.36. The Hall–Kier alpha value is -4.18. The number of carbonyl (C=O) groups excluding carboxylic acids is 2. The van der Waals surface area contributed by atoms with E-state index in [1.54, 1.807) is 55.1 Å². The first-order valence-corrected chi connectivity index (χ1v) is 11.6. The summed E-state index contributed by atoms with van der Waals surface area (Å²) in [7, 11) is 3.33. The van der Waals surface area contributed by atoms with Crippen LogP contribution in [0.5, 0.6) is 5.75 Å². The van der Waals surface area contributed by atoms with E-state index in [-0.39, 0.29) is 17.2 Å². The van der Waals surface area contributed by atoms with Gasteiger partial charge in [-0.05, 0) is 36.4 Å². The minimum absolute atomic E-state index is 0.0401. The highest BCUT2D eigenvalue weighted by molar-refractivity contribution is 7.99. The Morgan fingerprint density at radius 2 is 1.77 bits per heavy atom. The molecule has 2 amide bonds. The summed E-state index contributed by atoms with van der Waals surface area (Å²) in [5.41, 5.74) is 1.75. The molecule has 35 heavy (non-hydrogen) atoms. The molecular weight excluding hydrogens is 469 g/mol. The number of halogens is 1. The molecule has 0 bridgehead atoms. The maximum absolute atomic E-state index is 13.9. The summed E-state index contributed by atoms with van der Waals surface area (Å²) in [5, 5.41) is 14.5. The van der Waals surface area contributed by atoms with Gasteiger partial charge < -0.3 is 19.9 Å². The molecule has 8 nitrogen and oxygen atoms in total. The molecule has 0 radical (unpaired) electrons. The van der Waals surface area contributed by atoms with Crippen LogP contribution in [0, 0.1) is 5.82 Å². The summed E-state index contributed by atoms with van der Waals surface area (Å²) in [4.78, 5) is 24.9. The Morgan fingerprint density at radius 3 is 2.57 bits per heavy atom. The minimum atomic E-state index is -0.592. The van der Waals surface area contributed by atoms with Crippen molar-refractivity contribution < 1.29 is 18.7 Å². The number of rotatable bonds is 8. The van der Waals surface area contributed by atoms with E-state index in [2.05, 4.69) is 20.8 Å². The van der Waals surface area contributed by atoms with Crippen LogP contribution in [-0.4, -0.2) is 39.4 Å². The number of carbonyl (C=O) groups is 2. The van der Waals surface area contributed by atoms with Crippen LogP contribution in [0.25, 0.3) is 11.4 Å². The third-order valence-corrected chi connectivity index (χ3v) is 6.07. The Morgan fingerprint density at radius 1 is 1.00 bits per heavy atom. The molecule has 0 aliphatic rings. The topological polar surface area (TPSA) is 98.1 Å². The van der Waals surface area contributed by atoms with Crippen molar-refractivity contribution in [2.24, 2.45) is 7.05 Å². The van der Waals surface area contributed by atoms with Crippen molar-refractivity contribution in [1.29, 1.82) is 0 Å². The summed E-state index contributed by atoms with van der Waals surface area (Å²) >= 11 is 1.24. The molecule has 0 saturated carbocycles. The number of hydrogen-bond acceptors (Lipinski definition) is 6. The number of hydrogen-bond donors (Lipinski definition) is 2. The van der Waals surface area contributed by atoms with Crippen LogP contribution in [0.2, 0.25) is 0 Å². The van der Waals surface area contributed by atoms with Crippen LogP contribution < -0.4 is 15.4 Å². The lowest BCUT2D eigenvalue weighted by molar-refractivity contribution is -0.113. The van der Waals surface area contributed by atoms with E-state index in [1.165, 1.54) is 30.0 Å². The molecule has 0 fully saturated rings. The van der Waals surface area contributed by atoms with Gasteiger partial charge in [-0.2, -0.15) is 0 Å². The molecule has 178 valence electrons. The van der Waals surface area contributed by atoms with Gasteiger partial charge in [0.15, 0.2) is 11.0 Å². The summed E-state index contributed by atoms with van der Waals surface area (Å²) in [6.07, 6.45) is 0. The highest BCUT2D eigenvalue weighted by Crippen LogP contribution is 2.26. The fourth-order valence-electron chi connectivity index (χ4n) is 3.34. The van der Waals surface area contributed by atoms with E-state index < -0.39 is 11.7 Å². The van der Waals surface area contributed by atoms with Gasteiger partial charge in [0.25, 0.3) is 5.91 Å². The molecule has 4 aromatic rings. The molecule has 3 aromatic carbocycles. The molecule has 0 aliphatic carbocycles. The Bertz CT molecular complexity index is 1370. The van der Waals surface area contributed by atoms with Gasteiger partial charge in [-0.3, -0.25) is 9.59 Å². The number of anilines is 2. The number of aromatic nitrogens is 3. The number of thioether (sulfide) groups is 1. The van der Waals surface area contributed by atoms with Crippen molar-refractivity contribution in [2.45, 2.75) is 5.16 Å². The summed E-state index contributed by atoms with van der Waals surface area (Å²) in [5.74, 6) is -0.0837. The molecule has 1 aromatic heterocycles. The lowest BCUT2D eigenvalue weighted by Crippen LogP contribution is -2.15. The first kappa shape index (κ1) is 24.0. The predicted molar refractivity (Wildman–Crippen MR) is 133 cm³/mol. The van der Waals surface area contributed by atoms with Crippen LogP contribution in [0.15, 0.2) is 78.0 Å². The maximum Gasteiger partial charge on any atom is 0.258 e. The van der Waals surface area contributed by atoms with Gasteiger partial charge in [0, 0.05) is 18.3 Å². The molecule has 0 aliphatic heterocycles. The normalized spacial score (nSPS) is 10.6. The SMILES string of the molecule is COc1ccccc1NC(=O)CSc1nnc(-c2cccc(NC(=O)c3ccccc3F)c2)n1C. The van der Waals surface area contributed by atoms with Crippen molar-refractivity contribution in [2.75, 3.05) is 23.5 Å². The van der Waals surface area contributed by atoms with Crippen molar-refractivity contribution in [3.05, 3.63) is 84.2 Å². The average molecular weight is 492 g/mol. The molecule has 0 unspecified atom stereocenters. The monoisotopic (exact) mass is 491 g/mol. The summed E-state index contributed by atoms with van der Waals surface area (Å²) in [6.45, 7) is 0. The van der Waals surface area contributed by atoms with Crippen molar-refractivity contribution in [3.8, 4) is 17.1 Å². The number of amides is 2. The predicted octanol–water partition coefficient (Wildman–Crippen LogP) is 4.61. The van der Waals surface area contributed by atoms with E-state index >= 15 is 0 Å². The van der Waals surface area contributed by atoms with E-state index in [4.69, 9.17) is 4.74 Å². The third kappa shape index (κ3) is 5.67. The molecule has 0 saturated heterocycles. The van der Waals surface area contributed by atoms with Crippen LogP contribution >= 0.6 is 11.8 Å². The Labute approximate surface area is 205 Å². The lowest BCUT2D eigenvalue weighted by Gasteiger charge is -2.10. The van der Waals surface area contributed by atoms with Gasteiger partial charge >= 0.3 is 0 Å². The van der Waals surface area contributed by atoms with Gasteiger partial charge in [0.1, 0.15) is 11.6 Å². The van der Waals surface area contributed by atoms with Crippen molar-refractivity contribution in [3.63, 3.8) is 0 Å². The van der Waals surface area contributed by atoms with E-state index in [1.807, 2.05) is 18.2 Å². The number of nitrogens with zero attached hydrogens (tertiary/aromatic N) is 3. The largest absolute Gasteiger partial charge is 0.495 e. The molecule has 10 heteroatoms. The molecule has 0 atom stereocenters. The maximum atomic E-state index is 13.9. The highest BCUT2D eigenvalue weighted by atomic mass is 32.2. The zero-order valence-electron chi connectivity index (χ0n) is 19.0. The first-order valence-electron chi connectivity index (χ1n) is 10.6. The van der Waals surface area contributed by atoms with Crippen molar-refractivity contribution >= 4 is 35.0 Å². The van der Waals surface area contributed by atoms with E-state index in [0.717, 1.165) is 0 Å². The van der Waals surface area contributed by atoms with Gasteiger partial charge in [-0.25, -0.2) is 4.39 Å². The smallest absolute Gasteiger partial charge is 0.258 e. The lowest BCUT2D eigenvalue weighted by atomic mass is 10.1. The zero-order valence-corrected chi connectivity index (χ0v) is 19.8. The number of nitrogens with one attached hydrogen (secondary N) is 2. The van der Waals surface area contributed by atoms with Gasteiger partial charge in [0.2, 0.25) is 5.91 Å².